The molecular formula is C20H22FN3O6S. The Balaban J connectivity index is 1.91. The highest BCUT2D eigenvalue weighted by Gasteiger charge is 2.24. The number of sulfonamides is 1. The van der Waals surface area contributed by atoms with Gasteiger partial charge in [0.2, 0.25) is 15.9 Å². The third-order valence-corrected chi connectivity index (χ3v) is 5.55. The number of amides is 2. The van der Waals surface area contributed by atoms with Crippen LogP contribution in [0.15, 0.2) is 47.4 Å². The van der Waals surface area contributed by atoms with Crippen molar-refractivity contribution in [1.29, 1.82) is 0 Å². The first-order valence-corrected chi connectivity index (χ1v) is 10.6. The number of hydrogen-bond acceptors (Lipinski definition) is 6. The van der Waals surface area contributed by atoms with Crippen molar-refractivity contribution in [3.63, 3.8) is 0 Å². The van der Waals surface area contributed by atoms with E-state index in [0.717, 1.165) is 6.07 Å². The predicted octanol–water partition coefficient (Wildman–Crippen LogP) is 1.94. The van der Waals surface area contributed by atoms with E-state index in [0.29, 0.717) is 11.3 Å². The van der Waals surface area contributed by atoms with Crippen LogP contribution in [0.1, 0.15) is 19.4 Å². The summed E-state index contributed by atoms with van der Waals surface area (Å²) in [6, 6.07) is 7.91. The number of anilines is 2. The second-order valence-electron chi connectivity index (χ2n) is 6.66. The number of nitrogens with one attached hydrogen (secondary N) is 3. The SMILES string of the molecule is CC(=O)Nc1ccc(S(=O)(=O)N[C@@H](C)C(=O)OCC(=O)Nc2cc(F)ccc2C)cc1. The molecule has 0 fully saturated rings. The van der Waals surface area contributed by atoms with Crippen LogP contribution in [0.2, 0.25) is 0 Å². The summed E-state index contributed by atoms with van der Waals surface area (Å²) >= 11 is 0. The van der Waals surface area contributed by atoms with E-state index in [4.69, 9.17) is 4.74 Å². The molecule has 2 rings (SSSR count). The smallest absolute Gasteiger partial charge is 0.324 e. The predicted molar refractivity (Wildman–Crippen MR) is 111 cm³/mol. The van der Waals surface area contributed by atoms with Crippen molar-refractivity contribution in [3.05, 3.63) is 53.8 Å². The summed E-state index contributed by atoms with van der Waals surface area (Å²) < 4.78 is 45.1. The molecule has 0 radical (unpaired) electrons. The maximum atomic E-state index is 13.3. The zero-order valence-electron chi connectivity index (χ0n) is 17.1. The van der Waals surface area contributed by atoms with Crippen LogP contribution in [0.5, 0.6) is 0 Å². The van der Waals surface area contributed by atoms with Crippen LogP contribution in [0.25, 0.3) is 0 Å². The van der Waals surface area contributed by atoms with E-state index in [-0.39, 0.29) is 16.5 Å². The van der Waals surface area contributed by atoms with Gasteiger partial charge in [-0.3, -0.25) is 14.4 Å². The van der Waals surface area contributed by atoms with Gasteiger partial charge in [0.1, 0.15) is 11.9 Å². The molecule has 2 aromatic carbocycles. The third kappa shape index (κ3) is 7.15. The number of ether oxygens (including phenoxy) is 1. The Bertz CT molecular complexity index is 1090. The molecule has 0 aliphatic heterocycles. The van der Waals surface area contributed by atoms with Gasteiger partial charge in [-0.1, -0.05) is 6.07 Å². The van der Waals surface area contributed by atoms with Gasteiger partial charge in [-0.25, -0.2) is 12.8 Å². The van der Waals surface area contributed by atoms with Crippen LogP contribution >= 0.6 is 0 Å². The molecule has 0 saturated carbocycles. The average Bonchev–Trinajstić information content (AvgIpc) is 2.68. The zero-order valence-corrected chi connectivity index (χ0v) is 17.9. The number of rotatable bonds is 8. The fraction of sp³-hybridized carbons (Fsp3) is 0.250. The molecule has 2 amide bonds. The molecule has 11 heteroatoms. The van der Waals surface area contributed by atoms with Gasteiger partial charge in [-0.2, -0.15) is 4.72 Å². The van der Waals surface area contributed by atoms with Crippen molar-refractivity contribution >= 4 is 39.2 Å². The number of benzene rings is 2. The summed E-state index contributed by atoms with van der Waals surface area (Å²) in [5.41, 5.74) is 1.27. The fourth-order valence-corrected chi connectivity index (χ4v) is 3.64. The van der Waals surface area contributed by atoms with E-state index < -0.39 is 40.4 Å². The summed E-state index contributed by atoms with van der Waals surface area (Å²) in [5, 5.41) is 4.92. The maximum Gasteiger partial charge on any atom is 0.324 e. The monoisotopic (exact) mass is 451 g/mol. The number of esters is 1. The Morgan fingerprint density at radius 3 is 2.32 bits per heavy atom. The average molecular weight is 451 g/mol. The molecule has 9 nitrogen and oxygen atoms in total. The first-order valence-electron chi connectivity index (χ1n) is 9.10. The van der Waals surface area contributed by atoms with E-state index in [1.165, 1.54) is 50.2 Å². The number of carbonyl (C=O) groups is 3. The summed E-state index contributed by atoms with van der Waals surface area (Å²) in [6.07, 6.45) is 0. The Hall–Kier alpha value is -3.31. The van der Waals surface area contributed by atoms with E-state index >= 15 is 0 Å². The lowest BCUT2D eigenvalue weighted by atomic mass is 10.2. The summed E-state index contributed by atoms with van der Waals surface area (Å²) in [6.45, 7) is 3.58. The molecule has 31 heavy (non-hydrogen) atoms. The quantitative estimate of drug-likeness (QED) is 0.526. The topological polar surface area (TPSA) is 131 Å². The standard InChI is InChI=1S/C20H22FN3O6S/c1-12-4-5-15(21)10-18(12)23-19(26)11-30-20(27)13(2)24-31(28,29)17-8-6-16(7-9-17)22-14(3)25/h4-10,13,24H,11H2,1-3H3,(H,22,25)(H,23,26)/t13-/m0/s1. The van der Waals surface area contributed by atoms with Crippen molar-refractivity contribution in [3.8, 4) is 0 Å². The Kier molecular flexibility index (Phi) is 7.83. The molecule has 0 bridgehead atoms. The van der Waals surface area contributed by atoms with Crippen molar-refractivity contribution in [1.82, 2.24) is 4.72 Å². The normalized spacial score (nSPS) is 12.0. The molecule has 0 unspecified atom stereocenters. The lowest BCUT2D eigenvalue weighted by Gasteiger charge is -2.14. The molecule has 0 aliphatic rings. The van der Waals surface area contributed by atoms with Crippen LogP contribution in [-0.4, -0.2) is 38.9 Å². The van der Waals surface area contributed by atoms with Crippen LogP contribution < -0.4 is 15.4 Å². The van der Waals surface area contributed by atoms with E-state index in [2.05, 4.69) is 15.4 Å². The molecule has 166 valence electrons. The lowest BCUT2D eigenvalue weighted by Crippen LogP contribution is -2.40. The molecule has 2 aromatic rings. The minimum atomic E-state index is -4.05. The van der Waals surface area contributed by atoms with Crippen molar-refractivity contribution < 1.29 is 31.9 Å². The highest BCUT2D eigenvalue weighted by atomic mass is 32.2. The van der Waals surface area contributed by atoms with Crippen molar-refractivity contribution in [2.24, 2.45) is 0 Å². The van der Waals surface area contributed by atoms with Gasteiger partial charge in [0.05, 0.1) is 4.90 Å². The Morgan fingerprint density at radius 2 is 1.71 bits per heavy atom. The molecular weight excluding hydrogens is 429 g/mol. The van der Waals surface area contributed by atoms with E-state index in [9.17, 15) is 27.2 Å². The Morgan fingerprint density at radius 1 is 1.06 bits per heavy atom. The maximum absolute atomic E-state index is 13.3. The molecule has 3 N–H and O–H groups in total. The number of hydrogen-bond donors (Lipinski definition) is 3. The molecule has 0 spiro atoms. The Labute approximate surface area is 179 Å². The van der Waals surface area contributed by atoms with Crippen LogP contribution in [0, 0.1) is 12.7 Å². The lowest BCUT2D eigenvalue weighted by molar-refractivity contribution is -0.148. The van der Waals surface area contributed by atoms with Crippen molar-refractivity contribution in [2.75, 3.05) is 17.2 Å². The molecule has 0 aromatic heterocycles. The van der Waals surface area contributed by atoms with Crippen molar-refractivity contribution in [2.45, 2.75) is 31.7 Å². The van der Waals surface area contributed by atoms with Gasteiger partial charge in [0.15, 0.2) is 6.61 Å². The highest BCUT2D eigenvalue weighted by molar-refractivity contribution is 7.89. The van der Waals surface area contributed by atoms with Gasteiger partial charge < -0.3 is 15.4 Å². The second kappa shape index (κ2) is 10.1. The van der Waals surface area contributed by atoms with Crippen LogP contribution in [-0.2, 0) is 29.1 Å². The third-order valence-electron chi connectivity index (χ3n) is 3.99. The number of aryl methyl sites for hydroxylation is 1. The van der Waals surface area contributed by atoms with E-state index in [1.54, 1.807) is 6.92 Å². The molecule has 0 heterocycles. The highest BCUT2D eigenvalue weighted by Crippen LogP contribution is 2.16. The zero-order chi connectivity index (χ0) is 23.2. The molecule has 1 atom stereocenters. The van der Waals surface area contributed by atoms with Gasteiger partial charge >= 0.3 is 5.97 Å². The second-order valence-corrected chi connectivity index (χ2v) is 8.38. The van der Waals surface area contributed by atoms with Gasteiger partial charge in [-0.15, -0.1) is 0 Å². The van der Waals surface area contributed by atoms with Crippen LogP contribution in [0.3, 0.4) is 0 Å². The minimum absolute atomic E-state index is 0.124. The first kappa shape index (κ1) is 24.0. The van der Waals surface area contributed by atoms with Gasteiger partial charge in [-0.05, 0) is 55.8 Å². The summed E-state index contributed by atoms with van der Waals surface area (Å²) in [7, 11) is -4.05. The van der Waals surface area contributed by atoms with E-state index in [1.807, 2.05) is 0 Å². The van der Waals surface area contributed by atoms with Gasteiger partial charge in [0.25, 0.3) is 5.91 Å². The first-order chi connectivity index (χ1) is 14.5. The van der Waals surface area contributed by atoms with Crippen LogP contribution in [0.4, 0.5) is 15.8 Å². The fourth-order valence-electron chi connectivity index (χ4n) is 2.45. The largest absolute Gasteiger partial charge is 0.454 e. The summed E-state index contributed by atoms with van der Waals surface area (Å²) in [5.74, 6) is -2.51. The molecule has 0 saturated heterocycles. The summed E-state index contributed by atoms with van der Waals surface area (Å²) in [4.78, 5) is 34.9. The number of carbonyl (C=O) groups excluding carboxylic acids is 3. The van der Waals surface area contributed by atoms with Gasteiger partial charge in [0, 0.05) is 18.3 Å². The number of halogens is 1. The molecule has 0 aliphatic carbocycles. The minimum Gasteiger partial charge on any atom is -0.454 e.